The Balaban J connectivity index is 1.33. The zero-order chi connectivity index (χ0) is 21.4. The summed E-state index contributed by atoms with van der Waals surface area (Å²) in [6, 6.07) is 7.84. The lowest BCUT2D eigenvalue weighted by atomic mass is 10.0. The average molecular weight is 458 g/mol. The smallest absolute Gasteiger partial charge is 0.272 e. The van der Waals surface area contributed by atoms with Gasteiger partial charge in [-0.15, -0.1) is 11.3 Å². The number of thiophene rings is 1. The van der Waals surface area contributed by atoms with Crippen LogP contribution in [0.4, 0.5) is 0 Å². The fraction of sp³-hybridized carbons (Fsp3) is 0.409. The Bertz CT molecular complexity index is 1190. The van der Waals surface area contributed by atoms with E-state index in [1.54, 1.807) is 4.57 Å². The summed E-state index contributed by atoms with van der Waals surface area (Å²) in [7, 11) is 0. The van der Waals surface area contributed by atoms with E-state index in [-0.39, 0.29) is 23.3 Å². The molecule has 1 fully saturated rings. The molecule has 0 N–H and O–H groups in total. The first kappa shape index (κ1) is 20.4. The Morgan fingerprint density at radius 2 is 2.10 bits per heavy atom. The maximum atomic E-state index is 13.1. The van der Waals surface area contributed by atoms with Crippen LogP contribution in [0.2, 0.25) is 0 Å². The number of fused-ring (bicyclic) bond motifs is 2. The van der Waals surface area contributed by atoms with Crippen LogP contribution < -0.4 is 15.0 Å². The summed E-state index contributed by atoms with van der Waals surface area (Å²) in [5, 5.41) is 2.47. The van der Waals surface area contributed by atoms with Gasteiger partial charge in [-0.3, -0.25) is 14.2 Å². The highest BCUT2D eigenvalue weighted by Gasteiger charge is 2.31. The monoisotopic (exact) mass is 457 g/mol. The van der Waals surface area contributed by atoms with Crippen molar-refractivity contribution in [3.63, 3.8) is 0 Å². The van der Waals surface area contributed by atoms with E-state index in [4.69, 9.17) is 9.47 Å². The van der Waals surface area contributed by atoms with Gasteiger partial charge in [0.1, 0.15) is 17.9 Å². The Labute approximate surface area is 188 Å². The highest BCUT2D eigenvalue weighted by Crippen LogP contribution is 2.38. The van der Waals surface area contributed by atoms with Crippen molar-refractivity contribution < 1.29 is 14.3 Å². The molecule has 1 amide bonds. The number of rotatable bonds is 5. The molecule has 1 aromatic carbocycles. The first-order valence-corrected chi connectivity index (χ1v) is 12.3. The van der Waals surface area contributed by atoms with E-state index < -0.39 is 0 Å². The van der Waals surface area contributed by atoms with Crippen molar-refractivity contribution in [1.82, 2.24) is 14.5 Å². The van der Waals surface area contributed by atoms with Crippen molar-refractivity contribution in [2.45, 2.75) is 37.5 Å². The van der Waals surface area contributed by atoms with Gasteiger partial charge in [0.15, 0.2) is 16.7 Å². The van der Waals surface area contributed by atoms with Crippen LogP contribution in [0.5, 0.6) is 11.5 Å². The van der Waals surface area contributed by atoms with Crippen molar-refractivity contribution >= 4 is 39.2 Å². The minimum absolute atomic E-state index is 0.0320. The number of thioether (sulfide) groups is 1. The van der Waals surface area contributed by atoms with Gasteiger partial charge in [-0.2, -0.15) is 0 Å². The van der Waals surface area contributed by atoms with Crippen LogP contribution in [0.1, 0.15) is 31.4 Å². The maximum absolute atomic E-state index is 13.1. The number of ether oxygens (including phenoxy) is 2. The van der Waals surface area contributed by atoms with E-state index >= 15 is 0 Å². The maximum Gasteiger partial charge on any atom is 0.272 e. The molecule has 1 atom stereocenters. The molecule has 0 radical (unpaired) electrons. The quantitative estimate of drug-likeness (QED) is 0.430. The fourth-order valence-electron chi connectivity index (χ4n) is 4.20. The molecule has 7 nitrogen and oxygen atoms in total. The minimum Gasteiger partial charge on any atom is -0.486 e. The van der Waals surface area contributed by atoms with Crippen LogP contribution in [-0.2, 0) is 11.3 Å². The zero-order valence-corrected chi connectivity index (χ0v) is 18.8. The summed E-state index contributed by atoms with van der Waals surface area (Å²) in [5.74, 6) is 1.82. The van der Waals surface area contributed by atoms with Crippen LogP contribution in [-0.4, -0.2) is 45.9 Å². The Morgan fingerprint density at radius 3 is 2.94 bits per heavy atom. The second kappa shape index (κ2) is 8.55. The van der Waals surface area contributed by atoms with Crippen LogP contribution in [0.3, 0.4) is 0 Å². The Kier molecular flexibility index (Phi) is 5.62. The molecule has 31 heavy (non-hydrogen) atoms. The molecule has 4 heterocycles. The number of nitrogens with zero attached hydrogens (tertiary/aromatic N) is 3. The molecule has 9 heteroatoms. The molecule has 1 saturated heterocycles. The van der Waals surface area contributed by atoms with Gasteiger partial charge in [0.25, 0.3) is 5.56 Å². The van der Waals surface area contributed by atoms with Gasteiger partial charge in [0.2, 0.25) is 5.91 Å². The summed E-state index contributed by atoms with van der Waals surface area (Å²) >= 11 is 2.74. The molecule has 2 aliphatic rings. The van der Waals surface area contributed by atoms with E-state index in [9.17, 15) is 9.59 Å². The Morgan fingerprint density at radius 1 is 1.26 bits per heavy atom. The van der Waals surface area contributed by atoms with Crippen molar-refractivity contribution in [2.24, 2.45) is 0 Å². The number of amides is 1. The molecule has 5 rings (SSSR count). The van der Waals surface area contributed by atoms with Crippen LogP contribution in [0.25, 0.3) is 10.2 Å². The molecule has 0 bridgehead atoms. The minimum atomic E-state index is -0.0345. The van der Waals surface area contributed by atoms with E-state index in [2.05, 4.69) is 4.98 Å². The lowest BCUT2D eigenvalue weighted by Gasteiger charge is -2.26. The van der Waals surface area contributed by atoms with Gasteiger partial charge in [0.05, 0.1) is 17.3 Å². The van der Waals surface area contributed by atoms with Crippen LogP contribution in [0, 0.1) is 0 Å². The number of carbonyl (C=O) groups is 1. The normalized spacial score (nSPS) is 18.0. The fourth-order valence-corrected chi connectivity index (χ4v) is 5.93. The average Bonchev–Trinajstić information content (AvgIpc) is 3.47. The van der Waals surface area contributed by atoms with Gasteiger partial charge >= 0.3 is 0 Å². The molecule has 3 aromatic rings. The number of hydrogen-bond acceptors (Lipinski definition) is 7. The number of likely N-dealkylation sites (tertiary alicyclic amines) is 1. The summed E-state index contributed by atoms with van der Waals surface area (Å²) in [4.78, 5) is 32.4. The third-order valence-corrected chi connectivity index (χ3v) is 7.55. The van der Waals surface area contributed by atoms with Crippen molar-refractivity contribution in [2.75, 3.05) is 25.5 Å². The van der Waals surface area contributed by atoms with Crippen LogP contribution in [0.15, 0.2) is 39.6 Å². The third-order valence-electron chi connectivity index (χ3n) is 5.70. The van der Waals surface area contributed by atoms with Gasteiger partial charge < -0.3 is 14.4 Å². The largest absolute Gasteiger partial charge is 0.486 e. The van der Waals surface area contributed by atoms with E-state index in [1.165, 1.54) is 23.1 Å². The zero-order valence-electron chi connectivity index (χ0n) is 17.2. The molecule has 2 aliphatic heterocycles. The summed E-state index contributed by atoms with van der Waals surface area (Å²) in [6.07, 6.45) is 1.89. The van der Waals surface area contributed by atoms with E-state index in [0.717, 1.165) is 36.4 Å². The highest BCUT2D eigenvalue weighted by molar-refractivity contribution is 7.99. The van der Waals surface area contributed by atoms with Crippen molar-refractivity contribution in [3.05, 3.63) is 45.6 Å². The first-order valence-electron chi connectivity index (χ1n) is 10.5. The van der Waals surface area contributed by atoms with Crippen molar-refractivity contribution in [1.29, 1.82) is 0 Å². The molecule has 162 valence electrons. The molecule has 0 saturated carbocycles. The number of benzene rings is 1. The lowest BCUT2D eigenvalue weighted by molar-refractivity contribution is -0.129. The Hall–Kier alpha value is -2.52. The predicted octanol–water partition coefficient (Wildman–Crippen LogP) is 3.70. The SMILES string of the molecule is CCn1c(SCC(=O)N2CCC[C@@H]2c2ccc3c(c2)OCCO3)nc2ccsc2c1=O. The standard InChI is InChI=1S/C22H23N3O4S2/c1-2-24-21(27)20-15(7-11-30-20)23-22(24)31-13-19(26)25-8-3-4-16(25)14-5-6-17-18(12-14)29-10-9-28-17/h5-7,11-12,16H,2-4,8-10,13H2,1H3/t16-/m1/s1. The molecule has 0 spiro atoms. The van der Waals surface area contributed by atoms with Gasteiger partial charge in [0, 0.05) is 13.1 Å². The van der Waals surface area contributed by atoms with Gasteiger partial charge in [-0.25, -0.2) is 4.98 Å². The predicted molar refractivity (Wildman–Crippen MR) is 121 cm³/mol. The highest BCUT2D eigenvalue weighted by atomic mass is 32.2. The van der Waals surface area contributed by atoms with Crippen molar-refractivity contribution in [3.8, 4) is 11.5 Å². The number of hydrogen-bond donors (Lipinski definition) is 0. The summed E-state index contributed by atoms with van der Waals surface area (Å²) < 4.78 is 13.6. The first-order chi connectivity index (χ1) is 15.2. The van der Waals surface area contributed by atoms with E-state index in [1.807, 2.05) is 41.5 Å². The number of aromatic nitrogens is 2. The summed E-state index contributed by atoms with van der Waals surface area (Å²) in [6.45, 7) is 4.29. The summed E-state index contributed by atoms with van der Waals surface area (Å²) in [5.41, 5.74) is 1.74. The lowest BCUT2D eigenvalue weighted by Crippen LogP contribution is -2.32. The molecule has 0 aliphatic carbocycles. The third kappa shape index (κ3) is 3.80. The second-order valence-electron chi connectivity index (χ2n) is 7.52. The second-order valence-corrected chi connectivity index (χ2v) is 9.37. The topological polar surface area (TPSA) is 73.7 Å². The van der Waals surface area contributed by atoms with E-state index in [0.29, 0.717) is 35.1 Å². The molecule has 0 unspecified atom stereocenters. The molecular weight excluding hydrogens is 434 g/mol. The number of carbonyl (C=O) groups excluding carboxylic acids is 1. The van der Waals surface area contributed by atoms with Crippen LogP contribution >= 0.6 is 23.1 Å². The molecule has 2 aromatic heterocycles. The van der Waals surface area contributed by atoms with Gasteiger partial charge in [-0.1, -0.05) is 17.8 Å². The van der Waals surface area contributed by atoms with Gasteiger partial charge in [-0.05, 0) is 48.9 Å². The molecular formula is C22H23N3O4S2.